The molecule has 0 bridgehead atoms. The molecule has 0 saturated carbocycles. The van der Waals surface area contributed by atoms with E-state index in [9.17, 15) is 4.79 Å². The molecule has 1 fully saturated rings. The topological polar surface area (TPSA) is 47.6 Å². The molecule has 0 radical (unpaired) electrons. The van der Waals surface area contributed by atoms with Gasteiger partial charge in [0.25, 0.3) is 0 Å². The number of carbonyl (C=O) groups is 1. The maximum Gasteiger partial charge on any atom is 0.309 e. The lowest BCUT2D eigenvalue weighted by Gasteiger charge is -2.22. The maximum atomic E-state index is 11.3. The molecule has 1 aliphatic heterocycles. The molecule has 1 aliphatic rings. The summed E-state index contributed by atoms with van der Waals surface area (Å²) in [7, 11) is 0. The number of nitrogens with one attached hydrogen (secondary N) is 1. The van der Waals surface area contributed by atoms with E-state index in [1.54, 1.807) is 0 Å². The lowest BCUT2D eigenvalue weighted by molar-refractivity contribution is -0.147. The smallest absolute Gasteiger partial charge is 0.309 e. The van der Waals surface area contributed by atoms with E-state index >= 15 is 0 Å². The first-order valence-corrected chi connectivity index (χ1v) is 6.19. The van der Waals surface area contributed by atoms with Crippen molar-refractivity contribution in [1.29, 1.82) is 0 Å². The number of rotatable bonds is 6. The zero-order valence-electron chi connectivity index (χ0n) is 10.3. The summed E-state index contributed by atoms with van der Waals surface area (Å²) in [5.41, 5.74) is 0. The van der Waals surface area contributed by atoms with E-state index in [0.717, 1.165) is 26.2 Å². The molecule has 4 nitrogen and oxygen atoms in total. The SMILES string of the molecule is CCOC(=O)C(C)CNCC1CCCOC1. The number of esters is 1. The van der Waals surface area contributed by atoms with Crippen molar-refractivity contribution in [2.75, 3.05) is 32.9 Å². The summed E-state index contributed by atoms with van der Waals surface area (Å²) in [6.07, 6.45) is 2.38. The minimum absolute atomic E-state index is 0.0653. The van der Waals surface area contributed by atoms with E-state index in [1.165, 1.54) is 6.42 Å². The minimum Gasteiger partial charge on any atom is -0.466 e. The number of hydrogen-bond acceptors (Lipinski definition) is 4. The molecule has 16 heavy (non-hydrogen) atoms. The third-order valence-electron chi connectivity index (χ3n) is 2.83. The summed E-state index contributed by atoms with van der Waals surface area (Å²) in [6, 6.07) is 0. The van der Waals surface area contributed by atoms with Crippen molar-refractivity contribution in [3.8, 4) is 0 Å². The van der Waals surface area contributed by atoms with Crippen LogP contribution in [-0.2, 0) is 14.3 Å². The fourth-order valence-corrected chi connectivity index (χ4v) is 1.84. The highest BCUT2D eigenvalue weighted by atomic mass is 16.5. The Labute approximate surface area is 97.7 Å². The van der Waals surface area contributed by atoms with Crippen LogP contribution in [0.5, 0.6) is 0 Å². The summed E-state index contributed by atoms with van der Waals surface area (Å²) in [6.45, 7) is 7.55. The summed E-state index contributed by atoms with van der Waals surface area (Å²) < 4.78 is 10.3. The van der Waals surface area contributed by atoms with Crippen molar-refractivity contribution in [3.05, 3.63) is 0 Å². The van der Waals surface area contributed by atoms with Gasteiger partial charge < -0.3 is 14.8 Å². The van der Waals surface area contributed by atoms with E-state index in [4.69, 9.17) is 9.47 Å². The number of hydrogen-bond donors (Lipinski definition) is 1. The molecule has 0 spiro atoms. The van der Waals surface area contributed by atoms with Gasteiger partial charge in [-0.25, -0.2) is 0 Å². The van der Waals surface area contributed by atoms with Gasteiger partial charge in [-0.3, -0.25) is 4.79 Å². The predicted molar refractivity (Wildman–Crippen MR) is 62.2 cm³/mol. The maximum absolute atomic E-state index is 11.3. The Bertz CT molecular complexity index is 202. The first-order chi connectivity index (χ1) is 7.74. The molecule has 94 valence electrons. The van der Waals surface area contributed by atoms with Crippen LogP contribution in [0.15, 0.2) is 0 Å². The monoisotopic (exact) mass is 229 g/mol. The standard InChI is InChI=1S/C12H23NO3/c1-3-16-12(14)10(2)7-13-8-11-5-4-6-15-9-11/h10-11,13H,3-9H2,1-2H3. The van der Waals surface area contributed by atoms with Gasteiger partial charge in [0.2, 0.25) is 0 Å². The van der Waals surface area contributed by atoms with Gasteiger partial charge >= 0.3 is 5.97 Å². The Morgan fingerprint density at radius 3 is 3.06 bits per heavy atom. The largest absolute Gasteiger partial charge is 0.466 e. The zero-order valence-corrected chi connectivity index (χ0v) is 10.3. The zero-order chi connectivity index (χ0) is 11.8. The third kappa shape index (κ3) is 4.94. The molecule has 1 heterocycles. The van der Waals surface area contributed by atoms with E-state index < -0.39 is 0 Å². The molecular formula is C12H23NO3. The highest BCUT2D eigenvalue weighted by molar-refractivity contribution is 5.72. The third-order valence-corrected chi connectivity index (χ3v) is 2.83. The predicted octanol–water partition coefficient (Wildman–Crippen LogP) is 1.20. The molecule has 0 amide bonds. The minimum atomic E-state index is -0.116. The van der Waals surface area contributed by atoms with Crippen molar-refractivity contribution < 1.29 is 14.3 Å². The average molecular weight is 229 g/mol. The fraction of sp³-hybridized carbons (Fsp3) is 0.917. The van der Waals surface area contributed by atoms with Crippen molar-refractivity contribution >= 4 is 5.97 Å². The van der Waals surface area contributed by atoms with Crippen LogP contribution in [-0.4, -0.2) is 38.9 Å². The number of carbonyl (C=O) groups excluding carboxylic acids is 1. The summed E-state index contributed by atoms with van der Waals surface area (Å²) in [4.78, 5) is 11.3. The van der Waals surface area contributed by atoms with Gasteiger partial charge in [-0.2, -0.15) is 0 Å². The van der Waals surface area contributed by atoms with Gasteiger partial charge in [0.05, 0.1) is 19.1 Å². The molecule has 4 heteroatoms. The Balaban J connectivity index is 2.07. The Hall–Kier alpha value is -0.610. The lowest BCUT2D eigenvalue weighted by atomic mass is 10.0. The molecule has 1 rings (SSSR count). The molecule has 2 atom stereocenters. The van der Waals surface area contributed by atoms with Crippen LogP contribution in [0.1, 0.15) is 26.7 Å². The molecule has 0 aromatic heterocycles. The molecule has 0 aliphatic carbocycles. The van der Waals surface area contributed by atoms with Crippen LogP contribution < -0.4 is 5.32 Å². The van der Waals surface area contributed by atoms with E-state index in [2.05, 4.69) is 5.32 Å². The summed E-state index contributed by atoms with van der Waals surface area (Å²) in [5, 5.41) is 3.31. The van der Waals surface area contributed by atoms with Crippen molar-refractivity contribution in [1.82, 2.24) is 5.32 Å². The number of ether oxygens (including phenoxy) is 2. The highest BCUT2D eigenvalue weighted by Gasteiger charge is 2.16. The Kier molecular flexibility index (Phi) is 6.42. The van der Waals surface area contributed by atoms with Gasteiger partial charge in [-0.05, 0) is 25.7 Å². The van der Waals surface area contributed by atoms with Gasteiger partial charge in [0, 0.05) is 19.7 Å². The van der Waals surface area contributed by atoms with E-state index in [-0.39, 0.29) is 11.9 Å². The van der Waals surface area contributed by atoms with Crippen LogP contribution in [0.2, 0.25) is 0 Å². The van der Waals surface area contributed by atoms with E-state index in [1.807, 2.05) is 13.8 Å². The van der Waals surface area contributed by atoms with Crippen molar-refractivity contribution in [3.63, 3.8) is 0 Å². The second-order valence-electron chi connectivity index (χ2n) is 4.39. The first kappa shape index (κ1) is 13.5. The average Bonchev–Trinajstić information content (AvgIpc) is 2.30. The quantitative estimate of drug-likeness (QED) is 0.695. The van der Waals surface area contributed by atoms with Crippen molar-refractivity contribution in [2.45, 2.75) is 26.7 Å². The normalized spacial score (nSPS) is 22.8. The van der Waals surface area contributed by atoms with Crippen LogP contribution in [0, 0.1) is 11.8 Å². The summed E-state index contributed by atoms with van der Waals surface area (Å²) >= 11 is 0. The molecule has 1 N–H and O–H groups in total. The van der Waals surface area contributed by atoms with Crippen LogP contribution in [0.4, 0.5) is 0 Å². The van der Waals surface area contributed by atoms with Crippen LogP contribution >= 0.6 is 0 Å². The molecule has 0 aromatic carbocycles. The van der Waals surface area contributed by atoms with Gasteiger partial charge in [0.15, 0.2) is 0 Å². The van der Waals surface area contributed by atoms with Crippen LogP contribution in [0.25, 0.3) is 0 Å². The molecule has 1 saturated heterocycles. The second-order valence-corrected chi connectivity index (χ2v) is 4.39. The van der Waals surface area contributed by atoms with Gasteiger partial charge in [0.1, 0.15) is 0 Å². The lowest BCUT2D eigenvalue weighted by Crippen LogP contribution is -2.34. The molecular weight excluding hydrogens is 206 g/mol. The van der Waals surface area contributed by atoms with Gasteiger partial charge in [-0.1, -0.05) is 6.92 Å². The summed E-state index contributed by atoms with van der Waals surface area (Å²) in [5.74, 6) is 0.419. The molecule has 2 unspecified atom stereocenters. The highest BCUT2D eigenvalue weighted by Crippen LogP contribution is 2.12. The fourth-order valence-electron chi connectivity index (χ4n) is 1.84. The first-order valence-electron chi connectivity index (χ1n) is 6.19. The van der Waals surface area contributed by atoms with E-state index in [0.29, 0.717) is 19.1 Å². The Morgan fingerprint density at radius 2 is 2.44 bits per heavy atom. The Morgan fingerprint density at radius 1 is 1.62 bits per heavy atom. The van der Waals surface area contributed by atoms with Crippen LogP contribution in [0.3, 0.4) is 0 Å². The molecule has 0 aromatic rings. The second kappa shape index (κ2) is 7.63. The van der Waals surface area contributed by atoms with Gasteiger partial charge in [-0.15, -0.1) is 0 Å². The van der Waals surface area contributed by atoms with Crippen molar-refractivity contribution in [2.24, 2.45) is 11.8 Å².